The molecule has 0 spiro atoms. The Morgan fingerprint density at radius 1 is 1.67 bits per heavy atom. The third kappa shape index (κ3) is 4.12. The molecule has 0 fully saturated rings. The Balaban J connectivity index is 2.27. The van der Waals surface area contributed by atoms with Gasteiger partial charge in [-0.25, -0.2) is 0 Å². The fourth-order valence-corrected chi connectivity index (χ4v) is 1.23. The molecular weight excluding hydrogens is 192 g/mol. The van der Waals surface area contributed by atoms with Crippen molar-refractivity contribution >= 4 is 5.91 Å². The molecule has 1 amide bonds. The molecule has 84 valence electrons. The van der Waals surface area contributed by atoms with Gasteiger partial charge in [-0.2, -0.15) is 5.10 Å². The van der Waals surface area contributed by atoms with Gasteiger partial charge in [0.1, 0.15) is 0 Å². The second kappa shape index (κ2) is 6.19. The number of rotatable bonds is 6. The van der Waals surface area contributed by atoms with Gasteiger partial charge in [-0.3, -0.25) is 9.89 Å². The van der Waals surface area contributed by atoms with Gasteiger partial charge in [0.15, 0.2) is 0 Å². The van der Waals surface area contributed by atoms with E-state index < -0.39 is 0 Å². The fourth-order valence-electron chi connectivity index (χ4n) is 1.23. The van der Waals surface area contributed by atoms with Crippen LogP contribution in [0.3, 0.4) is 0 Å². The fraction of sp³-hybridized carbons (Fsp3) is 0.600. The first-order chi connectivity index (χ1) is 7.24. The lowest BCUT2D eigenvalue weighted by Crippen LogP contribution is -2.35. The molecule has 0 aromatic carbocycles. The van der Waals surface area contributed by atoms with Crippen LogP contribution >= 0.6 is 0 Å². The molecule has 0 radical (unpaired) electrons. The summed E-state index contributed by atoms with van der Waals surface area (Å²) >= 11 is 0. The van der Waals surface area contributed by atoms with Crippen LogP contribution in [-0.2, 0) is 11.3 Å². The summed E-state index contributed by atoms with van der Waals surface area (Å²) in [4.78, 5) is 13.3. The van der Waals surface area contributed by atoms with Crippen LogP contribution in [0.4, 0.5) is 0 Å². The number of amides is 1. The smallest absolute Gasteiger partial charge is 0.236 e. The van der Waals surface area contributed by atoms with E-state index in [-0.39, 0.29) is 5.91 Å². The van der Waals surface area contributed by atoms with Crippen LogP contribution in [-0.4, -0.2) is 41.1 Å². The summed E-state index contributed by atoms with van der Waals surface area (Å²) in [5.41, 5.74) is 1.02. The molecule has 1 rings (SSSR count). The van der Waals surface area contributed by atoms with Gasteiger partial charge in [0.2, 0.25) is 5.91 Å². The van der Waals surface area contributed by atoms with Crippen molar-refractivity contribution in [3.63, 3.8) is 0 Å². The normalized spacial score (nSPS) is 10.3. The number of carbonyl (C=O) groups is 1. The van der Waals surface area contributed by atoms with Gasteiger partial charge in [-0.15, -0.1) is 0 Å². The molecule has 0 saturated heterocycles. The summed E-state index contributed by atoms with van der Waals surface area (Å²) < 4.78 is 0. The molecule has 1 heterocycles. The van der Waals surface area contributed by atoms with Crippen molar-refractivity contribution in [2.45, 2.75) is 19.9 Å². The van der Waals surface area contributed by atoms with Crippen LogP contribution in [0.25, 0.3) is 0 Å². The average Bonchev–Trinajstić information content (AvgIpc) is 2.70. The van der Waals surface area contributed by atoms with Crippen molar-refractivity contribution in [1.82, 2.24) is 20.4 Å². The zero-order valence-corrected chi connectivity index (χ0v) is 9.29. The summed E-state index contributed by atoms with van der Waals surface area (Å²) in [6.45, 7) is 3.96. The molecule has 0 aliphatic heterocycles. The van der Waals surface area contributed by atoms with Crippen LogP contribution in [0.15, 0.2) is 12.4 Å². The third-order valence-electron chi connectivity index (χ3n) is 2.10. The zero-order valence-electron chi connectivity index (χ0n) is 9.29. The van der Waals surface area contributed by atoms with E-state index in [2.05, 4.69) is 22.4 Å². The molecule has 0 unspecified atom stereocenters. The first kappa shape index (κ1) is 11.7. The molecule has 0 aliphatic rings. The highest BCUT2D eigenvalue weighted by molar-refractivity contribution is 5.77. The predicted octanol–water partition coefficient (Wildman–Crippen LogP) is 0.368. The van der Waals surface area contributed by atoms with Crippen LogP contribution in [0.1, 0.15) is 18.9 Å². The summed E-state index contributed by atoms with van der Waals surface area (Å²) in [5, 5.41) is 9.63. The highest BCUT2D eigenvalue weighted by atomic mass is 16.2. The van der Waals surface area contributed by atoms with E-state index in [1.54, 1.807) is 24.3 Å². The molecular formula is C10H18N4O. The van der Waals surface area contributed by atoms with Crippen molar-refractivity contribution < 1.29 is 4.79 Å². The monoisotopic (exact) mass is 210 g/mol. The van der Waals surface area contributed by atoms with E-state index in [0.29, 0.717) is 13.1 Å². The SMILES string of the molecule is CCCNCC(=O)N(C)Cc1cn[nH]c1. The summed E-state index contributed by atoms with van der Waals surface area (Å²) in [7, 11) is 1.79. The summed E-state index contributed by atoms with van der Waals surface area (Å²) in [6.07, 6.45) is 4.56. The van der Waals surface area contributed by atoms with E-state index in [1.165, 1.54) is 0 Å². The highest BCUT2D eigenvalue weighted by Crippen LogP contribution is 1.99. The average molecular weight is 210 g/mol. The maximum Gasteiger partial charge on any atom is 0.236 e. The lowest BCUT2D eigenvalue weighted by molar-refractivity contribution is -0.129. The van der Waals surface area contributed by atoms with E-state index in [0.717, 1.165) is 18.5 Å². The Morgan fingerprint density at radius 2 is 2.47 bits per heavy atom. The maximum absolute atomic E-state index is 11.6. The van der Waals surface area contributed by atoms with E-state index >= 15 is 0 Å². The van der Waals surface area contributed by atoms with Crippen molar-refractivity contribution in [1.29, 1.82) is 0 Å². The van der Waals surface area contributed by atoms with Gasteiger partial charge >= 0.3 is 0 Å². The second-order valence-electron chi connectivity index (χ2n) is 3.53. The number of aromatic amines is 1. The minimum absolute atomic E-state index is 0.102. The Kier molecular flexibility index (Phi) is 4.83. The van der Waals surface area contributed by atoms with Crippen LogP contribution in [0.5, 0.6) is 0 Å². The Labute approximate surface area is 89.9 Å². The van der Waals surface area contributed by atoms with Crippen LogP contribution < -0.4 is 5.32 Å². The number of nitrogens with zero attached hydrogens (tertiary/aromatic N) is 2. The molecule has 0 aliphatic carbocycles. The summed E-state index contributed by atoms with van der Waals surface area (Å²) in [5.74, 6) is 0.102. The van der Waals surface area contributed by atoms with Crippen molar-refractivity contribution in [2.75, 3.05) is 20.1 Å². The molecule has 5 nitrogen and oxygen atoms in total. The number of likely N-dealkylation sites (N-methyl/N-ethyl adjacent to an activating group) is 1. The lowest BCUT2D eigenvalue weighted by Gasteiger charge is -2.16. The first-order valence-electron chi connectivity index (χ1n) is 5.16. The molecule has 2 N–H and O–H groups in total. The molecule has 0 atom stereocenters. The molecule has 1 aromatic rings. The Hall–Kier alpha value is -1.36. The minimum Gasteiger partial charge on any atom is -0.340 e. The number of carbonyl (C=O) groups excluding carboxylic acids is 1. The highest BCUT2D eigenvalue weighted by Gasteiger charge is 2.08. The number of H-pyrrole nitrogens is 1. The second-order valence-corrected chi connectivity index (χ2v) is 3.53. The van der Waals surface area contributed by atoms with Gasteiger partial charge in [0.25, 0.3) is 0 Å². The standard InChI is InChI=1S/C10H18N4O/c1-3-4-11-7-10(15)14(2)8-9-5-12-13-6-9/h5-6,11H,3-4,7-8H2,1-2H3,(H,12,13). The molecule has 0 saturated carbocycles. The maximum atomic E-state index is 11.6. The van der Waals surface area contributed by atoms with Gasteiger partial charge in [-0.1, -0.05) is 6.92 Å². The van der Waals surface area contributed by atoms with Crippen molar-refractivity contribution in [3.8, 4) is 0 Å². The van der Waals surface area contributed by atoms with Crippen LogP contribution in [0, 0.1) is 0 Å². The molecule has 5 heteroatoms. The Morgan fingerprint density at radius 3 is 3.07 bits per heavy atom. The van der Waals surface area contributed by atoms with Gasteiger partial charge in [0, 0.05) is 25.4 Å². The first-order valence-corrected chi connectivity index (χ1v) is 5.16. The minimum atomic E-state index is 0.102. The van der Waals surface area contributed by atoms with E-state index in [1.807, 2.05) is 0 Å². The van der Waals surface area contributed by atoms with E-state index in [4.69, 9.17) is 0 Å². The largest absolute Gasteiger partial charge is 0.340 e. The van der Waals surface area contributed by atoms with Gasteiger partial charge in [-0.05, 0) is 13.0 Å². The van der Waals surface area contributed by atoms with Gasteiger partial charge in [0.05, 0.1) is 12.7 Å². The molecule has 15 heavy (non-hydrogen) atoms. The van der Waals surface area contributed by atoms with Crippen molar-refractivity contribution in [2.24, 2.45) is 0 Å². The summed E-state index contributed by atoms with van der Waals surface area (Å²) in [6, 6.07) is 0. The predicted molar refractivity (Wildman–Crippen MR) is 58.2 cm³/mol. The van der Waals surface area contributed by atoms with Crippen LogP contribution in [0.2, 0.25) is 0 Å². The third-order valence-corrected chi connectivity index (χ3v) is 2.10. The van der Waals surface area contributed by atoms with Crippen molar-refractivity contribution in [3.05, 3.63) is 18.0 Å². The number of aromatic nitrogens is 2. The molecule has 1 aromatic heterocycles. The number of hydrogen-bond donors (Lipinski definition) is 2. The van der Waals surface area contributed by atoms with E-state index in [9.17, 15) is 4.79 Å². The quantitative estimate of drug-likeness (QED) is 0.667. The Bertz CT molecular complexity index is 284. The molecule has 0 bridgehead atoms. The lowest BCUT2D eigenvalue weighted by atomic mass is 10.3. The zero-order chi connectivity index (χ0) is 11.1. The number of nitrogens with one attached hydrogen (secondary N) is 2. The number of hydrogen-bond acceptors (Lipinski definition) is 3. The van der Waals surface area contributed by atoms with Gasteiger partial charge < -0.3 is 10.2 Å². The topological polar surface area (TPSA) is 61.0 Å².